The lowest BCUT2D eigenvalue weighted by atomic mass is 10.1. The number of hydroxylamine groups is 2. The molecule has 5 N–H and O–H groups in total. The highest BCUT2D eigenvalue weighted by atomic mass is 32.2. The third kappa shape index (κ3) is 5.52. The second kappa shape index (κ2) is 9.53. The highest BCUT2D eigenvalue weighted by Crippen LogP contribution is 2.25. The molecule has 0 heterocycles. The predicted molar refractivity (Wildman–Crippen MR) is 89.1 cm³/mol. The lowest BCUT2D eigenvalue weighted by Gasteiger charge is -2.23. The summed E-state index contributed by atoms with van der Waals surface area (Å²) >= 11 is 0.742. The van der Waals surface area contributed by atoms with Crippen LogP contribution in [0.1, 0.15) is 26.7 Å². The fourth-order valence-electron chi connectivity index (χ4n) is 2.00. The second-order valence-corrected chi connectivity index (χ2v) is 5.72. The van der Waals surface area contributed by atoms with Gasteiger partial charge in [-0.1, -0.05) is 31.7 Å². The van der Waals surface area contributed by atoms with E-state index >= 15 is 0 Å². The summed E-state index contributed by atoms with van der Waals surface area (Å²) in [6.45, 7) is 7.21. The maximum absolute atomic E-state index is 11.4. The van der Waals surface area contributed by atoms with E-state index in [1.807, 2.05) is 25.2 Å². The van der Waals surface area contributed by atoms with Gasteiger partial charge in [-0.05, 0) is 30.6 Å². The average molecular weight is 341 g/mol. The second-order valence-electron chi connectivity index (χ2n) is 4.96. The number of nitrogens with zero attached hydrogens (tertiary/aromatic N) is 1. The normalized spacial score (nSPS) is 17.2. The van der Waals surface area contributed by atoms with Crippen LogP contribution in [-0.2, 0) is 4.79 Å². The number of allylic oxidation sites excluding steroid dienone is 6. The minimum atomic E-state index is -1.08. The Labute approximate surface area is 140 Å². The molecule has 1 rings (SSSR count). The number of hydrogen-bond acceptors (Lipinski definition) is 7. The molecule has 23 heavy (non-hydrogen) atoms. The monoisotopic (exact) mass is 341 g/mol. The number of nitrogens with one attached hydrogen (secondary N) is 2. The molecule has 0 spiro atoms. The Balaban J connectivity index is 2.81. The molecule has 2 atom stereocenters. The molecular formula is C15H23N3O4S. The number of amides is 1. The highest BCUT2D eigenvalue weighted by molar-refractivity contribution is 7.95. The van der Waals surface area contributed by atoms with E-state index in [4.69, 9.17) is 5.21 Å². The molecule has 0 saturated carbocycles. The van der Waals surface area contributed by atoms with E-state index in [1.54, 1.807) is 6.08 Å². The molecule has 0 fully saturated rings. The maximum Gasteiger partial charge on any atom is 0.264 e. The van der Waals surface area contributed by atoms with Gasteiger partial charge >= 0.3 is 0 Å². The number of carbonyl (C=O) groups excluding carboxylic acids is 1. The molecule has 2 unspecified atom stereocenters. The van der Waals surface area contributed by atoms with Crippen molar-refractivity contribution in [2.75, 3.05) is 0 Å². The van der Waals surface area contributed by atoms with Gasteiger partial charge in [0.2, 0.25) is 0 Å². The smallest absolute Gasteiger partial charge is 0.264 e. The summed E-state index contributed by atoms with van der Waals surface area (Å²) in [6, 6.07) is -1.08. The van der Waals surface area contributed by atoms with Crippen molar-refractivity contribution < 1.29 is 20.3 Å². The zero-order valence-corrected chi connectivity index (χ0v) is 14.0. The summed E-state index contributed by atoms with van der Waals surface area (Å²) < 4.78 is 3.49. The Morgan fingerprint density at radius 3 is 2.83 bits per heavy atom. The van der Waals surface area contributed by atoms with Gasteiger partial charge in [0.25, 0.3) is 5.91 Å². The number of aliphatic hydroxyl groups excluding tert-OH is 1. The first kappa shape index (κ1) is 19.5. The largest absolute Gasteiger partial charge is 0.391 e. The molecule has 1 aliphatic rings. The molecule has 0 aromatic carbocycles. The number of rotatable bonds is 8. The van der Waals surface area contributed by atoms with Crippen LogP contribution in [-0.4, -0.2) is 38.0 Å². The maximum atomic E-state index is 11.4. The van der Waals surface area contributed by atoms with Crippen molar-refractivity contribution in [1.29, 1.82) is 0 Å². The van der Waals surface area contributed by atoms with Crippen LogP contribution in [0.15, 0.2) is 47.7 Å². The molecule has 1 aliphatic carbocycles. The summed E-state index contributed by atoms with van der Waals surface area (Å²) in [7, 11) is 0. The lowest BCUT2D eigenvalue weighted by molar-refractivity contribution is -0.133. The van der Waals surface area contributed by atoms with Crippen molar-refractivity contribution >= 4 is 18.0 Å². The first-order chi connectivity index (χ1) is 10.9. The van der Waals surface area contributed by atoms with E-state index < -0.39 is 18.1 Å². The van der Waals surface area contributed by atoms with E-state index in [2.05, 4.69) is 11.3 Å². The van der Waals surface area contributed by atoms with Crippen LogP contribution in [0.5, 0.6) is 0 Å². The van der Waals surface area contributed by atoms with Gasteiger partial charge < -0.3 is 5.11 Å². The van der Waals surface area contributed by atoms with Crippen molar-refractivity contribution in [3.05, 3.63) is 47.7 Å². The molecule has 0 saturated heterocycles. The minimum Gasteiger partial charge on any atom is -0.391 e. The molecular weight excluding hydrogens is 318 g/mol. The Bertz CT molecular complexity index is 529. The quantitative estimate of drug-likeness (QED) is 0.260. The van der Waals surface area contributed by atoms with Crippen LogP contribution in [0.3, 0.4) is 0 Å². The van der Waals surface area contributed by atoms with E-state index in [-0.39, 0.29) is 0 Å². The van der Waals surface area contributed by atoms with Crippen LogP contribution in [0, 0.1) is 0 Å². The van der Waals surface area contributed by atoms with Crippen molar-refractivity contribution in [3.8, 4) is 0 Å². The van der Waals surface area contributed by atoms with Gasteiger partial charge in [0.1, 0.15) is 6.04 Å². The molecule has 128 valence electrons. The number of carbonyl (C=O) groups is 1. The SMILES string of the molecule is C=CC1=C(CC)C=CCC(N(O)SNC(C(=O)NO)C(C)O)=C1. The van der Waals surface area contributed by atoms with Gasteiger partial charge in [0.05, 0.1) is 23.9 Å². The summed E-state index contributed by atoms with van der Waals surface area (Å²) in [5.74, 6) is -0.796. The Kier molecular flexibility index (Phi) is 8.07. The zero-order chi connectivity index (χ0) is 17.4. The van der Waals surface area contributed by atoms with Gasteiger partial charge in [-0.3, -0.25) is 15.2 Å². The third-order valence-electron chi connectivity index (χ3n) is 3.33. The topological polar surface area (TPSA) is 105 Å². The summed E-state index contributed by atoms with van der Waals surface area (Å²) in [5, 5.41) is 28.3. The van der Waals surface area contributed by atoms with Gasteiger partial charge in [0, 0.05) is 6.42 Å². The van der Waals surface area contributed by atoms with Gasteiger partial charge in [0.15, 0.2) is 0 Å². The fourth-order valence-corrected chi connectivity index (χ4v) is 2.76. The standard InChI is InChI=1S/C15H23N3O4S/c1-4-11-7-6-8-13(9-12(11)5-2)18(22)23-17-14(10(3)19)15(20)16-21/h5-7,9-10,14,17,19,21-22H,2,4,8H2,1,3H3,(H,16,20). The Morgan fingerprint density at radius 1 is 1.61 bits per heavy atom. The average Bonchev–Trinajstić information content (AvgIpc) is 2.75. The first-order valence-corrected chi connectivity index (χ1v) is 7.98. The van der Waals surface area contributed by atoms with Gasteiger partial charge in [-0.2, -0.15) is 4.47 Å². The molecule has 0 bridgehead atoms. The van der Waals surface area contributed by atoms with Crippen LogP contribution < -0.4 is 10.2 Å². The Morgan fingerprint density at radius 2 is 2.30 bits per heavy atom. The number of aliphatic hydroxyl groups is 1. The van der Waals surface area contributed by atoms with Crippen molar-refractivity contribution in [2.24, 2.45) is 0 Å². The van der Waals surface area contributed by atoms with Crippen molar-refractivity contribution in [1.82, 2.24) is 14.7 Å². The molecule has 0 aromatic heterocycles. The van der Waals surface area contributed by atoms with E-state index in [1.165, 1.54) is 12.4 Å². The highest BCUT2D eigenvalue weighted by Gasteiger charge is 2.24. The Hall–Kier alpha value is -1.58. The van der Waals surface area contributed by atoms with Crippen molar-refractivity contribution in [2.45, 2.75) is 38.8 Å². The van der Waals surface area contributed by atoms with Crippen molar-refractivity contribution in [3.63, 3.8) is 0 Å². The van der Waals surface area contributed by atoms with Crippen LogP contribution in [0.25, 0.3) is 0 Å². The molecule has 1 amide bonds. The number of hydrogen-bond donors (Lipinski definition) is 5. The first-order valence-electron chi connectivity index (χ1n) is 7.20. The molecule has 0 radical (unpaired) electrons. The lowest BCUT2D eigenvalue weighted by Crippen LogP contribution is -2.48. The van der Waals surface area contributed by atoms with E-state index in [0.29, 0.717) is 12.1 Å². The fraction of sp³-hybridized carbons (Fsp3) is 0.400. The summed E-state index contributed by atoms with van der Waals surface area (Å²) in [4.78, 5) is 11.4. The molecule has 0 aliphatic heterocycles. The summed E-state index contributed by atoms with van der Waals surface area (Å²) in [6.07, 6.45) is 7.74. The zero-order valence-electron chi connectivity index (χ0n) is 13.2. The van der Waals surface area contributed by atoms with Gasteiger partial charge in [-0.15, -0.1) is 0 Å². The summed E-state index contributed by atoms with van der Waals surface area (Å²) in [5.41, 5.74) is 4.08. The van der Waals surface area contributed by atoms with Crippen LogP contribution in [0.2, 0.25) is 0 Å². The van der Waals surface area contributed by atoms with Gasteiger partial charge in [-0.25, -0.2) is 10.2 Å². The van der Waals surface area contributed by atoms with Crippen LogP contribution >= 0.6 is 12.1 Å². The van der Waals surface area contributed by atoms with E-state index in [9.17, 15) is 15.1 Å². The third-order valence-corrected chi connectivity index (χ3v) is 4.09. The molecule has 0 aromatic rings. The molecule has 7 nitrogen and oxygen atoms in total. The minimum absolute atomic E-state index is 0.498. The predicted octanol–water partition coefficient (Wildman–Crippen LogP) is 1.82. The molecule has 8 heteroatoms. The van der Waals surface area contributed by atoms with Crippen LogP contribution in [0.4, 0.5) is 0 Å². The van der Waals surface area contributed by atoms with E-state index in [0.717, 1.165) is 34.2 Å².